The molecule has 3 N–H and O–H groups in total. The highest BCUT2D eigenvalue weighted by molar-refractivity contribution is 7.99. The van der Waals surface area contributed by atoms with E-state index in [1.165, 1.54) is 6.92 Å². The molecule has 0 bridgehead atoms. The van der Waals surface area contributed by atoms with E-state index in [9.17, 15) is 19.8 Å². The van der Waals surface area contributed by atoms with Crippen molar-refractivity contribution in [1.82, 2.24) is 0 Å². The fraction of sp³-hybridized carbons (Fsp3) is 0.481. The average molecular weight is 489 g/mol. The second-order valence-electron chi connectivity index (χ2n) is 8.54. The van der Waals surface area contributed by atoms with Gasteiger partial charge in [-0.05, 0) is 61.4 Å². The number of rotatable bonds is 14. The van der Waals surface area contributed by atoms with Crippen LogP contribution < -0.4 is 4.74 Å². The van der Waals surface area contributed by atoms with E-state index in [4.69, 9.17) is 9.84 Å². The highest BCUT2D eigenvalue weighted by atomic mass is 32.2. The van der Waals surface area contributed by atoms with E-state index < -0.39 is 12.1 Å². The van der Waals surface area contributed by atoms with Gasteiger partial charge < -0.3 is 20.1 Å². The normalized spacial score (nSPS) is 12.9. The van der Waals surface area contributed by atoms with Crippen molar-refractivity contribution in [3.63, 3.8) is 0 Å². The van der Waals surface area contributed by atoms with Crippen LogP contribution in [-0.2, 0) is 17.6 Å². The maximum Gasteiger partial charge on any atom is 0.303 e. The Kier molecular flexibility index (Phi) is 10.9. The van der Waals surface area contributed by atoms with E-state index in [0.29, 0.717) is 41.9 Å². The number of carbonyl (C=O) groups excluding carboxylic acids is 1. The van der Waals surface area contributed by atoms with Crippen molar-refractivity contribution in [3.05, 3.63) is 52.6 Å². The number of aliphatic hydroxyl groups excluding tert-OH is 1. The van der Waals surface area contributed by atoms with E-state index >= 15 is 0 Å². The summed E-state index contributed by atoms with van der Waals surface area (Å²) in [6.45, 7) is 7.73. The van der Waals surface area contributed by atoms with Crippen LogP contribution in [0.2, 0.25) is 0 Å². The maximum absolute atomic E-state index is 11.9. The van der Waals surface area contributed by atoms with Gasteiger partial charge in [0.1, 0.15) is 11.5 Å². The standard InChI is InChI=1S/C27H36O6S/c1-5-8-22-26(32)23(18(4)28)16-19(6-2)27(22)33-13-7-14-34-21-11-9-20(10-12-21)25(31)17(3)15-24(29)30/h9-12,16-17,25,31-32H,5-8,13-15H2,1-4H3,(H,29,30). The molecule has 0 aromatic heterocycles. The minimum absolute atomic E-state index is 0.0378. The third kappa shape index (κ3) is 7.50. The van der Waals surface area contributed by atoms with Crippen molar-refractivity contribution < 1.29 is 29.6 Å². The molecule has 6 nitrogen and oxygen atoms in total. The number of aliphatic carboxylic acids is 1. The Morgan fingerprint density at radius 1 is 1.15 bits per heavy atom. The number of aromatic hydroxyl groups is 1. The summed E-state index contributed by atoms with van der Waals surface area (Å²) in [5, 5.41) is 29.9. The minimum Gasteiger partial charge on any atom is -0.507 e. The molecular formula is C27H36O6S. The van der Waals surface area contributed by atoms with Crippen molar-refractivity contribution >= 4 is 23.5 Å². The van der Waals surface area contributed by atoms with Crippen LogP contribution in [0.15, 0.2) is 35.2 Å². The number of carbonyl (C=O) groups is 2. The Morgan fingerprint density at radius 3 is 2.38 bits per heavy atom. The number of hydrogen-bond acceptors (Lipinski definition) is 6. The fourth-order valence-electron chi connectivity index (χ4n) is 3.86. The molecule has 0 saturated heterocycles. The third-order valence-corrected chi connectivity index (χ3v) is 6.84. The molecule has 2 unspecified atom stereocenters. The van der Waals surface area contributed by atoms with Crippen molar-refractivity contribution in [2.24, 2.45) is 5.92 Å². The van der Waals surface area contributed by atoms with Gasteiger partial charge in [-0.2, -0.15) is 0 Å². The number of carboxylic acids is 1. The number of phenolic OH excluding ortho intramolecular Hbond substituents is 1. The number of ketones is 1. The van der Waals surface area contributed by atoms with Crippen LogP contribution in [0, 0.1) is 5.92 Å². The van der Waals surface area contributed by atoms with Crippen LogP contribution in [0.4, 0.5) is 0 Å². The summed E-state index contributed by atoms with van der Waals surface area (Å²) in [5.41, 5.74) is 2.72. The van der Waals surface area contributed by atoms with Gasteiger partial charge in [-0.15, -0.1) is 11.8 Å². The van der Waals surface area contributed by atoms with Crippen molar-refractivity contribution in [2.75, 3.05) is 12.4 Å². The Balaban J connectivity index is 1.94. The van der Waals surface area contributed by atoms with Crippen LogP contribution in [-0.4, -0.2) is 39.4 Å². The van der Waals surface area contributed by atoms with Crippen LogP contribution >= 0.6 is 11.8 Å². The van der Waals surface area contributed by atoms with Crippen LogP contribution in [0.1, 0.15) is 80.1 Å². The zero-order chi connectivity index (χ0) is 25.3. The molecule has 2 atom stereocenters. The Hall–Kier alpha value is -2.51. The topological polar surface area (TPSA) is 104 Å². The molecule has 2 rings (SSSR count). The van der Waals surface area contributed by atoms with Crippen molar-refractivity contribution in [1.29, 1.82) is 0 Å². The predicted molar refractivity (Wildman–Crippen MR) is 135 cm³/mol. The zero-order valence-corrected chi connectivity index (χ0v) is 21.3. The molecule has 0 saturated carbocycles. The Bertz CT molecular complexity index is 970. The molecule has 2 aromatic rings. The van der Waals surface area contributed by atoms with Gasteiger partial charge in [0.2, 0.25) is 0 Å². The molecule has 7 heteroatoms. The number of aryl methyl sites for hydroxylation is 1. The smallest absolute Gasteiger partial charge is 0.303 e. The molecule has 0 heterocycles. The SMILES string of the molecule is CCCc1c(O)c(C(C)=O)cc(CC)c1OCCCSc1ccc(C(O)C(C)CC(=O)O)cc1. The van der Waals surface area contributed by atoms with Gasteiger partial charge in [-0.1, -0.05) is 39.3 Å². The monoisotopic (exact) mass is 488 g/mol. The maximum atomic E-state index is 11.9. The van der Waals surface area contributed by atoms with Crippen molar-refractivity contribution in [2.45, 2.75) is 70.8 Å². The lowest BCUT2D eigenvalue weighted by molar-refractivity contribution is -0.139. The molecule has 0 aliphatic rings. The lowest BCUT2D eigenvalue weighted by Crippen LogP contribution is -2.13. The van der Waals surface area contributed by atoms with E-state index in [1.54, 1.807) is 24.8 Å². The van der Waals surface area contributed by atoms with Gasteiger partial charge >= 0.3 is 5.97 Å². The number of hydrogen-bond donors (Lipinski definition) is 3. The number of phenols is 1. The van der Waals surface area contributed by atoms with E-state index in [2.05, 4.69) is 0 Å². The second-order valence-corrected chi connectivity index (χ2v) is 9.71. The highest BCUT2D eigenvalue weighted by Gasteiger charge is 2.20. The first kappa shape index (κ1) is 27.7. The molecule has 2 aromatic carbocycles. The predicted octanol–water partition coefficient (Wildman–Crippen LogP) is 5.82. The van der Waals surface area contributed by atoms with E-state index in [1.807, 2.05) is 38.1 Å². The van der Waals surface area contributed by atoms with Gasteiger partial charge in [0.25, 0.3) is 0 Å². The molecule has 0 amide bonds. The first-order valence-electron chi connectivity index (χ1n) is 11.8. The lowest BCUT2D eigenvalue weighted by atomic mass is 9.95. The third-order valence-electron chi connectivity index (χ3n) is 5.75. The number of carboxylic acid groups (broad SMARTS) is 1. The van der Waals surface area contributed by atoms with Gasteiger partial charge in [-0.3, -0.25) is 9.59 Å². The summed E-state index contributed by atoms with van der Waals surface area (Å²) in [4.78, 5) is 23.8. The first-order valence-corrected chi connectivity index (χ1v) is 12.8. The van der Waals surface area contributed by atoms with Crippen molar-refractivity contribution in [3.8, 4) is 11.5 Å². The zero-order valence-electron chi connectivity index (χ0n) is 20.5. The summed E-state index contributed by atoms with van der Waals surface area (Å²) in [6, 6.07) is 9.29. The fourth-order valence-corrected chi connectivity index (χ4v) is 4.69. The molecule has 0 radical (unpaired) electrons. The van der Waals surface area contributed by atoms with Gasteiger partial charge in [0.15, 0.2) is 5.78 Å². The molecule has 0 aliphatic heterocycles. The largest absolute Gasteiger partial charge is 0.507 e. The number of ether oxygens (including phenoxy) is 1. The van der Waals surface area contributed by atoms with E-state index in [0.717, 1.165) is 29.1 Å². The first-order chi connectivity index (χ1) is 16.2. The Morgan fingerprint density at radius 2 is 1.82 bits per heavy atom. The summed E-state index contributed by atoms with van der Waals surface area (Å²) >= 11 is 1.68. The van der Waals surface area contributed by atoms with Crippen LogP contribution in [0.3, 0.4) is 0 Å². The van der Waals surface area contributed by atoms with Gasteiger partial charge in [0.05, 0.1) is 24.7 Å². The summed E-state index contributed by atoms with van der Waals surface area (Å²) in [7, 11) is 0. The summed E-state index contributed by atoms with van der Waals surface area (Å²) in [5.74, 6) is 0.143. The minimum atomic E-state index is -0.918. The molecule has 186 valence electrons. The summed E-state index contributed by atoms with van der Waals surface area (Å²) in [6.07, 6.45) is 2.11. The molecule has 0 spiro atoms. The quantitative estimate of drug-likeness (QED) is 0.175. The second kappa shape index (κ2) is 13.4. The number of aliphatic hydroxyl groups is 1. The van der Waals surface area contributed by atoms with Gasteiger partial charge in [0, 0.05) is 16.2 Å². The molecule has 0 aliphatic carbocycles. The number of Topliss-reactive ketones (excluding diaryl/α,β-unsaturated/α-hetero) is 1. The van der Waals surface area contributed by atoms with Crippen LogP contribution in [0.5, 0.6) is 11.5 Å². The van der Waals surface area contributed by atoms with E-state index in [-0.39, 0.29) is 23.9 Å². The number of benzene rings is 2. The Labute approximate surface area is 206 Å². The highest BCUT2D eigenvalue weighted by Crippen LogP contribution is 2.37. The lowest BCUT2D eigenvalue weighted by Gasteiger charge is -2.19. The number of thioether (sulfide) groups is 1. The molecule has 34 heavy (non-hydrogen) atoms. The molecular weight excluding hydrogens is 452 g/mol. The van der Waals surface area contributed by atoms with Gasteiger partial charge in [-0.25, -0.2) is 0 Å². The van der Waals surface area contributed by atoms with Crippen LogP contribution in [0.25, 0.3) is 0 Å². The average Bonchev–Trinajstić information content (AvgIpc) is 2.80. The molecule has 0 fully saturated rings. The summed E-state index contributed by atoms with van der Waals surface area (Å²) < 4.78 is 6.11.